The van der Waals surface area contributed by atoms with Crippen molar-refractivity contribution >= 4 is 23.4 Å². The molecule has 1 heterocycles. The third-order valence-corrected chi connectivity index (χ3v) is 5.03. The van der Waals surface area contributed by atoms with Crippen molar-refractivity contribution in [2.45, 2.75) is 23.8 Å². The molecule has 7 heteroatoms. The van der Waals surface area contributed by atoms with Crippen molar-refractivity contribution in [1.82, 2.24) is 14.8 Å². The minimum atomic E-state index is -0.368. The molecule has 3 aromatic rings. The molecular formula is C19H19FN4OS. The zero-order valence-corrected chi connectivity index (χ0v) is 15.3. The average molecular weight is 370 g/mol. The molecule has 0 saturated heterocycles. The van der Waals surface area contributed by atoms with E-state index in [-0.39, 0.29) is 17.0 Å². The first-order chi connectivity index (χ1) is 12.5. The summed E-state index contributed by atoms with van der Waals surface area (Å²) < 4.78 is 14.8. The lowest BCUT2D eigenvalue weighted by Crippen LogP contribution is -2.22. The standard InChI is InChI=1S/C19H19FN4OS/c1-13(18(25)21-16-10-8-15(20)9-11-16)26-19-23-22-17(24(19)2)12-14-6-4-3-5-7-14/h3-11,13H,12H2,1-2H3,(H,21,25). The van der Waals surface area contributed by atoms with Gasteiger partial charge < -0.3 is 9.88 Å². The van der Waals surface area contributed by atoms with Gasteiger partial charge in [0.05, 0.1) is 5.25 Å². The largest absolute Gasteiger partial charge is 0.325 e. The smallest absolute Gasteiger partial charge is 0.237 e. The molecular weight excluding hydrogens is 351 g/mol. The van der Waals surface area contributed by atoms with Crippen LogP contribution in [0.2, 0.25) is 0 Å². The fraction of sp³-hybridized carbons (Fsp3) is 0.211. The Kier molecular flexibility index (Phi) is 5.68. The number of anilines is 1. The van der Waals surface area contributed by atoms with Gasteiger partial charge in [-0.1, -0.05) is 42.1 Å². The second-order valence-electron chi connectivity index (χ2n) is 5.88. The van der Waals surface area contributed by atoms with Crippen molar-refractivity contribution < 1.29 is 9.18 Å². The van der Waals surface area contributed by atoms with Crippen LogP contribution in [0.3, 0.4) is 0 Å². The molecule has 0 fully saturated rings. The van der Waals surface area contributed by atoms with Crippen LogP contribution in [0.4, 0.5) is 10.1 Å². The van der Waals surface area contributed by atoms with E-state index < -0.39 is 0 Å². The van der Waals surface area contributed by atoms with Gasteiger partial charge in [-0.25, -0.2) is 4.39 Å². The van der Waals surface area contributed by atoms with Crippen LogP contribution >= 0.6 is 11.8 Å². The Balaban J connectivity index is 1.63. The van der Waals surface area contributed by atoms with E-state index in [2.05, 4.69) is 15.5 Å². The third kappa shape index (κ3) is 4.49. The van der Waals surface area contributed by atoms with Gasteiger partial charge in [-0.15, -0.1) is 10.2 Å². The van der Waals surface area contributed by atoms with E-state index in [1.807, 2.05) is 41.9 Å². The van der Waals surface area contributed by atoms with Crippen LogP contribution < -0.4 is 5.32 Å². The number of halogens is 1. The molecule has 1 N–H and O–H groups in total. The highest BCUT2D eigenvalue weighted by molar-refractivity contribution is 8.00. The van der Waals surface area contributed by atoms with E-state index in [0.29, 0.717) is 17.3 Å². The second-order valence-corrected chi connectivity index (χ2v) is 7.18. The number of thioether (sulfide) groups is 1. The van der Waals surface area contributed by atoms with Gasteiger partial charge in [0.25, 0.3) is 0 Å². The van der Waals surface area contributed by atoms with E-state index in [4.69, 9.17) is 0 Å². The Labute approximate surface area is 155 Å². The van der Waals surface area contributed by atoms with Crippen molar-refractivity contribution in [3.05, 3.63) is 71.8 Å². The summed E-state index contributed by atoms with van der Waals surface area (Å²) in [4.78, 5) is 12.3. The van der Waals surface area contributed by atoms with Crippen molar-refractivity contribution in [3.63, 3.8) is 0 Å². The van der Waals surface area contributed by atoms with Gasteiger partial charge >= 0.3 is 0 Å². The van der Waals surface area contributed by atoms with Crippen LogP contribution in [-0.2, 0) is 18.3 Å². The van der Waals surface area contributed by atoms with Crippen molar-refractivity contribution in [2.24, 2.45) is 7.05 Å². The van der Waals surface area contributed by atoms with Crippen LogP contribution in [0.15, 0.2) is 59.8 Å². The number of hydrogen-bond acceptors (Lipinski definition) is 4. The highest BCUT2D eigenvalue weighted by Crippen LogP contribution is 2.23. The van der Waals surface area contributed by atoms with Crippen LogP contribution in [0.5, 0.6) is 0 Å². The lowest BCUT2D eigenvalue weighted by atomic mass is 10.1. The molecule has 1 unspecified atom stereocenters. The topological polar surface area (TPSA) is 59.8 Å². The fourth-order valence-corrected chi connectivity index (χ4v) is 3.20. The van der Waals surface area contributed by atoms with Crippen molar-refractivity contribution in [3.8, 4) is 0 Å². The fourth-order valence-electron chi connectivity index (χ4n) is 2.37. The maximum atomic E-state index is 12.9. The summed E-state index contributed by atoms with van der Waals surface area (Å²) >= 11 is 1.34. The average Bonchev–Trinajstić information content (AvgIpc) is 2.98. The highest BCUT2D eigenvalue weighted by Gasteiger charge is 2.19. The minimum absolute atomic E-state index is 0.172. The Hall–Kier alpha value is -2.67. The molecule has 0 spiro atoms. The van der Waals surface area contributed by atoms with Crippen LogP contribution in [0, 0.1) is 5.82 Å². The van der Waals surface area contributed by atoms with Gasteiger partial charge in [-0.3, -0.25) is 4.79 Å². The predicted octanol–water partition coefficient (Wildman–Crippen LogP) is 3.66. The molecule has 0 bridgehead atoms. The molecule has 1 atom stereocenters. The maximum Gasteiger partial charge on any atom is 0.237 e. The highest BCUT2D eigenvalue weighted by atomic mass is 32.2. The maximum absolute atomic E-state index is 12.9. The molecule has 26 heavy (non-hydrogen) atoms. The molecule has 0 aliphatic rings. The van der Waals surface area contributed by atoms with Gasteiger partial charge in [0.15, 0.2) is 5.16 Å². The summed E-state index contributed by atoms with van der Waals surface area (Å²) in [6.45, 7) is 1.80. The van der Waals surface area contributed by atoms with Gasteiger partial charge in [0.1, 0.15) is 11.6 Å². The monoisotopic (exact) mass is 370 g/mol. The number of benzene rings is 2. The van der Waals surface area contributed by atoms with Gasteiger partial charge in [0.2, 0.25) is 5.91 Å². The number of carbonyl (C=O) groups is 1. The Bertz CT molecular complexity index is 880. The van der Waals surface area contributed by atoms with E-state index in [1.165, 1.54) is 36.0 Å². The number of nitrogens with one attached hydrogen (secondary N) is 1. The lowest BCUT2D eigenvalue weighted by molar-refractivity contribution is -0.115. The first-order valence-corrected chi connectivity index (χ1v) is 9.06. The van der Waals surface area contributed by atoms with Crippen LogP contribution in [0.1, 0.15) is 18.3 Å². The molecule has 134 valence electrons. The van der Waals surface area contributed by atoms with E-state index in [1.54, 1.807) is 6.92 Å². The van der Waals surface area contributed by atoms with Crippen LogP contribution in [-0.4, -0.2) is 25.9 Å². The summed E-state index contributed by atoms with van der Waals surface area (Å²) in [7, 11) is 1.89. The number of amides is 1. The number of hydrogen-bond donors (Lipinski definition) is 1. The number of nitrogens with zero attached hydrogens (tertiary/aromatic N) is 3. The number of aromatic nitrogens is 3. The Morgan fingerprint density at radius 1 is 1.15 bits per heavy atom. The summed E-state index contributed by atoms with van der Waals surface area (Å²) in [5, 5.41) is 11.5. The molecule has 1 amide bonds. The summed E-state index contributed by atoms with van der Waals surface area (Å²) in [5.41, 5.74) is 1.72. The van der Waals surface area contributed by atoms with Gasteiger partial charge in [-0.05, 0) is 36.8 Å². The Morgan fingerprint density at radius 3 is 2.54 bits per heavy atom. The normalized spacial score (nSPS) is 12.0. The lowest BCUT2D eigenvalue weighted by Gasteiger charge is -2.11. The Morgan fingerprint density at radius 2 is 1.85 bits per heavy atom. The summed E-state index contributed by atoms with van der Waals surface area (Å²) in [6.07, 6.45) is 0.682. The van der Waals surface area contributed by atoms with E-state index in [9.17, 15) is 9.18 Å². The number of carbonyl (C=O) groups excluding carboxylic acids is 1. The van der Waals surface area contributed by atoms with E-state index in [0.717, 1.165) is 11.4 Å². The van der Waals surface area contributed by atoms with Gasteiger partial charge in [-0.2, -0.15) is 0 Å². The van der Waals surface area contributed by atoms with Crippen molar-refractivity contribution in [1.29, 1.82) is 0 Å². The molecule has 3 rings (SSSR count). The minimum Gasteiger partial charge on any atom is -0.325 e. The molecule has 0 aliphatic carbocycles. The van der Waals surface area contributed by atoms with Gasteiger partial charge in [0, 0.05) is 19.2 Å². The predicted molar refractivity (Wildman–Crippen MR) is 101 cm³/mol. The molecule has 0 saturated carbocycles. The zero-order valence-electron chi connectivity index (χ0n) is 14.5. The van der Waals surface area contributed by atoms with Crippen molar-refractivity contribution in [2.75, 3.05) is 5.32 Å². The zero-order chi connectivity index (χ0) is 18.5. The quantitative estimate of drug-likeness (QED) is 0.673. The second kappa shape index (κ2) is 8.14. The molecule has 1 aromatic heterocycles. The molecule has 5 nitrogen and oxygen atoms in total. The third-order valence-electron chi connectivity index (χ3n) is 3.89. The van der Waals surface area contributed by atoms with E-state index >= 15 is 0 Å². The molecule has 2 aromatic carbocycles. The molecule has 0 aliphatic heterocycles. The first kappa shape index (κ1) is 18.1. The summed E-state index contributed by atoms with van der Waals surface area (Å²) in [5.74, 6) is 0.328. The number of rotatable bonds is 6. The molecule has 0 radical (unpaired) electrons. The SMILES string of the molecule is CC(Sc1nnc(Cc2ccccc2)n1C)C(=O)Nc1ccc(F)cc1. The first-order valence-electron chi connectivity index (χ1n) is 8.18. The summed E-state index contributed by atoms with van der Waals surface area (Å²) in [6, 6.07) is 15.7. The van der Waals surface area contributed by atoms with Crippen LogP contribution in [0.25, 0.3) is 0 Å².